The minimum Gasteiger partial charge on any atom is -0.293 e. The molecule has 1 aromatic carbocycles. The second-order valence-electron chi connectivity index (χ2n) is 7.18. The van der Waals surface area contributed by atoms with Gasteiger partial charge in [-0.05, 0) is 24.1 Å². The molecule has 0 amide bonds. The molecule has 0 saturated carbocycles. The minimum absolute atomic E-state index is 0.966. The molecule has 0 fully saturated rings. The lowest BCUT2D eigenvalue weighted by molar-refractivity contribution is 0.536. The van der Waals surface area contributed by atoms with Crippen LogP contribution in [0.1, 0.15) is 102 Å². The molecule has 0 unspecified atom stereocenters. The summed E-state index contributed by atoms with van der Waals surface area (Å²) in [4.78, 5) is 4.53. The monoisotopic (exact) mass is 407 g/mol. The summed E-state index contributed by atoms with van der Waals surface area (Å²) in [5, 5.41) is 0. The van der Waals surface area contributed by atoms with E-state index in [1.807, 2.05) is 6.21 Å². The van der Waals surface area contributed by atoms with Gasteiger partial charge in [-0.25, -0.2) is 0 Å². The van der Waals surface area contributed by atoms with E-state index in [9.17, 15) is 0 Å². The first-order valence-electron chi connectivity index (χ1n) is 10.6. The Bertz CT molecular complexity index is 424. The van der Waals surface area contributed by atoms with Crippen LogP contribution < -0.4 is 0 Å². The normalized spacial score (nSPS) is 11.4. The predicted octanol–water partition coefficient (Wildman–Crippen LogP) is 8.35. The summed E-state index contributed by atoms with van der Waals surface area (Å²) in [6.07, 6.45) is 21.7. The average Bonchev–Trinajstić information content (AvgIpc) is 2.63. The fraction of sp³-hybridized carbons (Fsp3) is 0.696. The standard InChI is InChI=1S/C23H38BrN/c1-2-3-4-5-6-7-8-9-10-11-12-13-14-15-20-25-21-22-16-18-23(24)19-17-22/h16-19,21H,2-15,20H2,1H3. The van der Waals surface area contributed by atoms with Gasteiger partial charge in [-0.15, -0.1) is 0 Å². The van der Waals surface area contributed by atoms with Crippen LogP contribution in [0.5, 0.6) is 0 Å². The first kappa shape index (κ1) is 22.4. The molecule has 1 aromatic rings. The Balaban J connectivity index is 1.79. The van der Waals surface area contributed by atoms with Crippen LogP contribution in [0.4, 0.5) is 0 Å². The molecule has 2 heteroatoms. The molecule has 0 spiro atoms. The third-order valence-corrected chi connectivity index (χ3v) is 5.28. The van der Waals surface area contributed by atoms with E-state index in [0.29, 0.717) is 0 Å². The van der Waals surface area contributed by atoms with E-state index in [1.54, 1.807) is 0 Å². The summed E-state index contributed by atoms with van der Waals surface area (Å²) in [6.45, 7) is 3.26. The van der Waals surface area contributed by atoms with Gasteiger partial charge >= 0.3 is 0 Å². The number of hydrogen-bond acceptors (Lipinski definition) is 1. The van der Waals surface area contributed by atoms with Crippen LogP contribution in [0.25, 0.3) is 0 Å². The summed E-state index contributed by atoms with van der Waals surface area (Å²) in [7, 11) is 0. The molecule has 0 aliphatic carbocycles. The van der Waals surface area contributed by atoms with Gasteiger partial charge in [0.1, 0.15) is 0 Å². The zero-order valence-corrected chi connectivity index (χ0v) is 17.9. The van der Waals surface area contributed by atoms with Crippen LogP contribution in [-0.2, 0) is 0 Å². The fourth-order valence-corrected chi connectivity index (χ4v) is 3.38. The minimum atomic E-state index is 0.966. The first-order valence-corrected chi connectivity index (χ1v) is 11.4. The topological polar surface area (TPSA) is 12.4 Å². The number of rotatable bonds is 16. The van der Waals surface area contributed by atoms with E-state index >= 15 is 0 Å². The second-order valence-corrected chi connectivity index (χ2v) is 8.10. The molecule has 25 heavy (non-hydrogen) atoms. The summed E-state index contributed by atoms with van der Waals surface area (Å²) < 4.78 is 1.12. The lowest BCUT2D eigenvalue weighted by atomic mass is 10.0. The molecule has 0 aliphatic rings. The van der Waals surface area contributed by atoms with Crippen molar-refractivity contribution in [1.82, 2.24) is 0 Å². The highest BCUT2D eigenvalue weighted by Crippen LogP contribution is 2.13. The lowest BCUT2D eigenvalue weighted by Crippen LogP contribution is -1.86. The first-order chi connectivity index (χ1) is 12.3. The summed E-state index contributed by atoms with van der Waals surface area (Å²) in [5.74, 6) is 0. The third kappa shape index (κ3) is 14.2. The maximum Gasteiger partial charge on any atom is 0.0389 e. The van der Waals surface area contributed by atoms with Crippen molar-refractivity contribution >= 4 is 22.1 Å². The largest absolute Gasteiger partial charge is 0.293 e. The van der Waals surface area contributed by atoms with Gasteiger partial charge in [0.15, 0.2) is 0 Å². The molecule has 0 radical (unpaired) electrons. The highest BCUT2D eigenvalue weighted by atomic mass is 79.9. The number of benzene rings is 1. The van der Waals surface area contributed by atoms with Crippen LogP contribution in [0.3, 0.4) is 0 Å². The molecule has 1 rings (SSSR count). The smallest absolute Gasteiger partial charge is 0.0389 e. The van der Waals surface area contributed by atoms with Gasteiger partial charge in [0.25, 0.3) is 0 Å². The van der Waals surface area contributed by atoms with Crippen molar-refractivity contribution in [1.29, 1.82) is 0 Å². The van der Waals surface area contributed by atoms with Gasteiger partial charge in [-0.1, -0.05) is 118 Å². The molecule has 0 bridgehead atoms. The van der Waals surface area contributed by atoms with E-state index < -0.39 is 0 Å². The van der Waals surface area contributed by atoms with Crippen LogP contribution >= 0.6 is 15.9 Å². The van der Waals surface area contributed by atoms with Crippen molar-refractivity contribution in [3.63, 3.8) is 0 Å². The Kier molecular flexibility index (Phi) is 15.1. The number of unbranched alkanes of at least 4 members (excludes halogenated alkanes) is 13. The van der Waals surface area contributed by atoms with Crippen LogP contribution in [0.2, 0.25) is 0 Å². The van der Waals surface area contributed by atoms with Crippen molar-refractivity contribution in [3.05, 3.63) is 34.3 Å². The van der Waals surface area contributed by atoms with Crippen molar-refractivity contribution in [2.24, 2.45) is 4.99 Å². The molecule has 0 saturated heterocycles. The maximum absolute atomic E-state index is 4.53. The molecule has 1 nitrogen and oxygen atoms in total. The van der Waals surface area contributed by atoms with Crippen molar-refractivity contribution in [2.45, 2.75) is 96.8 Å². The van der Waals surface area contributed by atoms with Crippen LogP contribution in [-0.4, -0.2) is 12.8 Å². The average molecular weight is 408 g/mol. The Morgan fingerprint density at radius 1 is 0.680 bits per heavy atom. The molecular formula is C23H38BrN. The van der Waals surface area contributed by atoms with Gasteiger partial charge in [0.2, 0.25) is 0 Å². The molecular weight excluding hydrogens is 370 g/mol. The Labute approximate surface area is 164 Å². The zero-order valence-electron chi connectivity index (χ0n) is 16.3. The van der Waals surface area contributed by atoms with Crippen molar-refractivity contribution in [3.8, 4) is 0 Å². The lowest BCUT2D eigenvalue weighted by Gasteiger charge is -2.02. The Morgan fingerprint density at radius 2 is 1.12 bits per heavy atom. The zero-order chi connectivity index (χ0) is 18.0. The quantitative estimate of drug-likeness (QED) is 0.192. The summed E-state index contributed by atoms with van der Waals surface area (Å²) >= 11 is 3.45. The molecule has 0 heterocycles. The molecule has 0 atom stereocenters. The SMILES string of the molecule is CCCCCCCCCCCCCCCCN=Cc1ccc(Br)cc1. The molecule has 0 N–H and O–H groups in total. The maximum atomic E-state index is 4.53. The molecule has 0 aromatic heterocycles. The van der Waals surface area contributed by atoms with Gasteiger partial charge in [0, 0.05) is 17.2 Å². The van der Waals surface area contributed by atoms with Crippen molar-refractivity contribution in [2.75, 3.05) is 6.54 Å². The van der Waals surface area contributed by atoms with E-state index in [1.165, 1.54) is 95.5 Å². The predicted molar refractivity (Wildman–Crippen MR) is 117 cm³/mol. The summed E-state index contributed by atoms with van der Waals surface area (Å²) in [6, 6.07) is 8.32. The number of hydrogen-bond donors (Lipinski definition) is 0. The number of aliphatic imine (C=N–C) groups is 1. The van der Waals surface area contributed by atoms with Crippen molar-refractivity contribution < 1.29 is 0 Å². The van der Waals surface area contributed by atoms with Gasteiger partial charge in [-0.3, -0.25) is 4.99 Å². The fourth-order valence-electron chi connectivity index (χ4n) is 3.12. The molecule has 142 valence electrons. The van der Waals surface area contributed by atoms with Gasteiger partial charge in [0.05, 0.1) is 0 Å². The van der Waals surface area contributed by atoms with Crippen LogP contribution in [0.15, 0.2) is 33.7 Å². The van der Waals surface area contributed by atoms with E-state index in [4.69, 9.17) is 0 Å². The highest BCUT2D eigenvalue weighted by molar-refractivity contribution is 9.10. The highest BCUT2D eigenvalue weighted by Gasteiger charge is 1.94. The van der Waals surface area contributed by atoms with Crippen LogP contribution in [0, 0.1) is 0 Å². The Morgan fingerprint density at radius 3 is 1.60 bits per heavy atom. The summed E-state index contributed by atoms with van der Waals surface area (Å²) in [5.41, 5.74) is 1.19. The number of nitrogens with zero attached hydrogens (tertiary/aromatic N) is 1. The van der Waals surface area contributed by atoms with E-state index in [0.717, 1.165) is 11.0 Å². The third-order valence-electron chi connectivity index (χ3n) is 4.75. The van der Waals surface area contributed by atoms with E-state index in [-0.39, 0.29) is 0 Å². The van der Waals surface area contributed by atoms with E-state index in [2.05, 4.69) is 52.1 Å². The second kappa shape index (κ2) is 16.8. The Hall–Kier alpha value is -0.630. The molecule has 0 aliphatic heterocycles. The van der Waals surface area contributed by atoms with Gasteiger partial charge in [-0.2, -0.15) is 0 Å². The number of halogens is 1. The van der Waals surface area contributed by atoms with Gasteiger partial charge < -0.3 is 0 Å².